The van der Waals surface area contributed by atoms with Gasteiger partial charge in [0.25, 0.3) is 0 Å². The van der Waals surface area contributed by atoms with Crippen LogP contribution in [0.5, 0.6) is 0 Å². The van der Waals surface area contributed by atoms with Crippen LogP contribution >= 0.6 is 7.60 Å². The fourth-order valence-electron chi connectivity index (χ4n) is 2.60. The highest BCUT2D eigenvalue weighted by Crippen LogP contribution is 2.37. The van der Waals surface area contributed by atoms with Crippen molar-refractivity contribution < 1.29 is 34.4 Å². The van der Waals surface area contributed by atoms with Gasteiger partial charge in [-0.05, 0) is 20.3 Å². The van der Waals surface area contributed by atoms with Crippen LogP contribution in [0.2, 0.25) is 0 Å². The lowest BCUT2D eigenvalue weighted by molar-refractivity contribution is -0.221. The summed E-state index contributed by atoms with van der Waals surface area (Å²) in [7, 11) is -4.25. The Morgan fingerprint density at radius 3 is 2.38 bits per heavy atom. The van der Waals surface area contributed by atoms with Crippen molar-refractivity contribution in [1.82, 2.24) is 15.0 Å². The second-order valence-electron chi connectivity index (χ2n) is 6.35. The van der Waals surface area contributed by atoms with Crippen molar-refractivity contribution in [1.29, 1.82) is 0 Å². The summed E-state index contributed by atoms with van der Waals surface area (Å²) >= 11 is 0. The van der Waals surface area contributed by atoms with Crippen molar-refractivity contribution in [3.05, 3.63) is 11.9 Å². The molecule has 0 aromatic carbocycles. The van der Waals surface area contributed by atoms with Crippen molar-refractivity contribution in [3.8, 4) is 0 Å². The van der Waals surface area contributed by atoms with Gasteiger partial charge in [0.15, 0.2) is 0 Å². The Morgan fingerprint density at radius 2 is 1.83 bits per heavy atom. The smallest absolute Gasteiger partial charge is 0.325 e. The van der Waals surface area contributed by atoms with Crippen LogP contribution in [0.15, 0.2) is 6.20 Å². The molecule has 5 atom stereocenters. The summed E-state index contributed by atoms with van der Waals surface area (Å²) in [6.45, 7) is 3.87. The number of aliphatic hydroxyl groups excluding tert-OH is 3. The van der Waals surface area contributed by atoms with E-state index in [1.165, 1.54) is 0 Å². The number of ether oxygens (including phenoxy) is 1. The fourth-order valence-corrected chi connectivity index (χ4v) is 3.19. The van der Waals surface area contributed by atoms with Gasteiger partial charge in [0, 0.05) is 18.7 Å². The quantitative estimate of drug-likeness (QED) is 0.391. The summed E-state index contributed by atoms with van der Waals surface area (Å²) in [6, 6.07) is 0.117. The minimum Gasteiger partial charge on any atom is -0.388 e. The Bertz CT molecular complexity index is 590. The maximum absolute atomic E-state index is 11.0. The standard InChI is InChI=1S/C13H24N3O7P/c1-7(2)16-6-8(14-15-16)5-10-12(18)13(19)11(17)9(23-10)3-4-24(20,21)22/h6-7,9-13,17-19H,3-5H2,1-2H3,(H2,20,21,22)/t9-,10-,11-,12-,13+/m1/s1. The molecule has 138 valence electrons. The van der Waals surface area contributed by atoms with Gasteiger partial charge >= 0.3 is 7.60 Å². The van der Waals surface area contributed by atoms with Crippen LogP contribution in [0.25, 0.3) is 0 Å². The Kier molecular flexibility index (Phi) is 6.14. The predicted octanol–water partition coefficient (Wildman–Crippen LogP) is -1.18. The second kappa shape index (κ2) is 7.57. The molecule has 1 saturated heterocycles. The molecule has 1 aromatic heterocycles. The molecule has 10 nitrogen and oxygen atoms in total. The first kappa shape index (κ1) is 19.5. The van der Waals surface area contributed by atoms with Crippen LogP contribution in [0, 0.1) is 0 Å². The molecule has 1 aliphatic rings. The van der Waals surface area contributed by atoms with Gasteiger partial charge < -0.3 is 29.8 Å². The summed E-state index contributed by atoms with van der Waals surface area (Å²) in [5.41, 5.74) is 0.546. The van der Waals surface area contributed by atoms with Gasteiger partial charge in [0.2, 0.25) is 0 Å². The third-order valence-electron chi connectivity index (χ3n) is 4.01. The lowest BCUT2D eigenvalue weighted by atomic mass is 9.92. The zero-order chi connectivity index (χ0) is 18.1. The van der Waals surface area contributed by atoms with E-state index in [0.717, 1.165) is 0 Å². The fraction of sp³-hybridized carbons (Fsp3) is 0.846. The lowest BCUT2D eigenvalue weighted by Gasteiger charge is -2.40. The van der Waals surface area contributed by atoms with Crippen molar-refractivity contribution in [2.24, 2.45) is 0 Å². The molecule has 1 fully saturated rings. The Labute approximate surface area is 139 Å². The molecular formula is C13H24N3O7P. The first-order chi connectivity index (χ1) is 11.1. The molecule has 0 saturated carbocycles. The van der Waals surface area contributed by atoms with Crippen LogP contribution in [0.4, 0.5) is 0 Å². The molecule has 1 aliphatic heterocycles. The average Bonchev–Trinajstić information content (AvgIpc) is 2.94. The van der Waals surface area contributed by atoms with E-state index in [1.54, 1.807) is 10.9 Å². The van der Waals surface area contributed by atoms with Gasteiger partial charge in [-0.2, -0.15) is 0 Å². The van der Waals surface area contributed by atoms with E-state index in [2.05, 4.69) is 10.3 Å². The number of rotatable bonds is 6. The van der Waals surface area contributed by atoms with Crippen LogP contribution in [0.3, 0.4) is 0 Å². The van der Waals surface area contributed by atoms with E-state index in [1.807, 2.05) is 13.8 Å². The topological polar surface area (TPSA) is 158 Å². The van der Waals surface area contributed by atoms with Crippen LogP contribution in [-0.4, -0.2) is 76.8 Å². The Hall–Kier alpha value is -0.870. The van der Waals surface area contributed by atoms with Crippen molar-refractivity contribution >= 4 is 7.60 Å². The van der Waals surface area contributed by atoms with Gasteiger partial charge in [0.05, 0.1) is 24.1 Å². The molecule has 1 aromatic rings. The maximum Gasteiger partial charge on any atom is 0.325 e. The van der Waals surface area contributed by atoms with Crippen LogP contribution in [0.1, 0.15) is 32.0 Å². The molecule has 0 amide bonds. The maximum atomic E-state index is 11.0. The highest BCUT2D eigenvalue weighted by Gasteiger charge is 2.44. The minimum atomic E-state index is -4.25. The van der Waals surface area contributed by atoms with Crippen molar-refractivity contribution in [2.75, 3.05) is 6.16 Å². The van der Waals surface area contributed by atoms with Crippen LogP contribution < -0.4 is 0 Å². The van der Waals surface area contributed by atoms with E-state index in [-0.39, 0.29) is 18.9 Å². The number of aromatic nitrogens is 3. The van der Waals surface area contributed by atoms with E-state index < -0.39 is 44.3 Å². The zero-order valence-corrected chi connectivity index (χ0v) is 14.4. The molecule has 0 spiro atoms. The van der Waals surface area contributed by atoms with Gasteiger partial charge in [0.1, 0.15) is 18.3 Å². The molecule has 0 bridgehead atoms. The SMILES string of the molecule is CC(C)n1cc(C[C@H]2O[C@H](CCP(=O)(O)O)[C@@H](O)[C@H](O)[C@@H]2O)nn1. The highest BCUT2D eigenvalue weighted by atomic mass is 31.2. The number of hydrogen-bond donors (Lipinski definition) is 5. The molecule has 5 N–H and O–H groups in total. The third-order valence-corrected chi connectivity index (χ3v) is 4.85. The molecule has 2 heterocycles. The molecule has 0 unspecified atom stereocenters. The van der Waals surface area contributed by atoms with Crippen LogP contribution in [-0.2, 0) is 15.7 Å². The molecule has 24 heavy (non-hydrogen) atoms. The van der Waals surface area contributed by atoms with E-state index >= 15 is 0 Å². The lowest BCUT2D eigenvalue weighted by Crippen LogP contribution is -2.58. The number of hydrogen-bond acceptors (Lipinski definition) is 7. The molecular weight excluding hydrogens is 341 g/mol. The number of nitrogens with zero attached hydrogens (tertiary/aromatic N) is 3. The molecule has 0 aliphatic carbocycles. The Balaban J connectivity index is 2.05. The van der Waals surface area contributed by atoms with Gasteiger partial charge in [-0.3, -0.25) is 4.57 Å². The van der Waals surface area contributed by atoms with Gasteiger partial charge in [-0.15, -0.1) is 5.10 Å². The third kappa shape index (κ3) is 4.82. The summed E-state index contributed by atoms with van der Waals surface area (Å²) in [5.74, 6) is 0. The van der Waals surface area contributed by atoms with Crippen molar-refractivity contribution in [3.63, 3.8) is 0 Å². The van der Waals surface area contributed by atoms with Gasteiger partial charge in [-0.25, -0.2) is 4.68 Å². The summed E-state index contributed by atoms with van der Waals surface area (Å²) < 4.78 is 18.2. The first-order valence-corrected chi connectivity index (χ1v) is 9.53. The monoisotopic (exact) mass is 365 g/mol. The summed E-state index contributed by atoms with van der Waals surface area (Å²) in [5, 5.41) is 37.9. The van der Waals surface area contributed by atoms with E-state index in [9.17, 15) is 19.9 Å². The summed E-state index contributed by atoms with van der Waals surface area (Å²) in [6.07, 6.45) is -4.83. The van der Waals surface area contributed by atoms with E-state index in [4.69, 9.17) is 14.5 Å². The molecule has 0 radical (unpaired) electrons. The average molecular weight is 365 g/mol. The predicted molar refractivity (Wildman–Crippen MR) is 82.3 cm³/mol. The Morgan fingerprint density at radius 1 is 1.21 bits per heavy atom. The largest absolute Gasteiger partial charge is 0.388 e. The first-order valence-electron chi connectivity index (χ1n) is 7.73. The zero-order valence-electron chi connectivity index (χ0n) is 13.5. The molecule has 2 rings (SSSR count). The molecule has 11 heteroatoms. The van der Waals surface area contributed by atoms with E-state index in [0.29, 0.717) is 5.69 Å². The normalized spacial score (nSPS) is 31.6. The minimum absolute atomic E-state index is 0.117. The number of aliphatic hydroxyl groups is 3. The summed E-state index contributed by atoms with van der Waals surface area (Å²) in [4.78, 5) is 17.9. The highest BCUT2D eigenvalue weighted by molar-refractivity contribution is 7.51. The van der Waals surface area contributed by atoms with Crippen molar-refractivity contribution in [2.45, 2.75) is 63.3 Å². The van der Waals surface area contributed by atoms with Gasteiger partial charge in [-0.1, -0.05) is 5.21 Å². The second-order valence-corrected chi connectivity index (χ2v) is 8.13.